The molecule has 0 aromatic heterocycles. The second-order valence-electron chi connectivity index (χ2n) is 4.84. The molecular formula is C14H22N2. The maximum absolute atomic E-state index is 3.21. The predicted octanol–water partition coefficient (Wildman–Crippen LogP) is 2.70. The molecule has 0 spiro atoms. The van der Waals surface area contributed by atoms with Gasteiger partial charge < -0.3 is 10.2 Å². The van der Waals surface area contributed by atoms with Crippen LogP contribution >= 0.6 is 0 Å². The Hall–Kier alpha value is -1.02. The lowest BCUT2D eigenvalue weighted by Crippen LogP contribution is -2.37. The first kappa shape index (κ1) is 11.5. The molecule has 88 valence electrons. The molecule has 1 aromatic carbocycles. The number of rotatable bonds is 4. The Balaban J connectivity index is 2.13. The highest BCUT2D eigenvalue weighted by Gasteiger charge is 2.22. The summed E-state index contributed by atoms with van der Waals surface area (Å²) >= 11 is 0. The lowest BCUT2D eigenvalue weighted by atomic mass is 9.91. The predicted molar refractivity (Wildman–Crippen MR) is 70.0 cm³/mol. The highest BCUT2D eigenvalue weighted by molar-refractivity contribution is 5.51. The first-order valence-electron chi connectivity index (χ1n) is 6.19. The number of hydrogen-bond donors (Lipinski definition) is 1. The Labute approximate surface area is 98.7 Å². The van der Waals surface area contributed by atoms with Crippen LogP contribution < -0.4 is 10.2 Å². The van der Waals surface area contributed by atoms with Crippen molar-refractivity contribution in [2.24, 2.45) is 0 Å². The zero-order valence-corrected chi connectivity index (χ0v) is 10.6. The van der Waals surface area contributed by atoms with Crippen molar-refractivity contribution in [1.29, 1.82) is 0 Å². The van der Waals surface area contributed by atoms with E-state index in [2.05, 4.69) is 42.4 Å². The van der Waals surface area contributed by atoms with Gasteiger partial charge in [-0.05, 0) is 56.5 Å². The monoisotopic (exact) mass is 218 g/mol. The molecule has 0 unspecified atom stereocenters. The fourth-order valence-electron chi connectivity index (χ4n) is 2.27. The highest BCUT2D eigenvalue weighted by Crippen LogP contribution is 2.29. The molecule has 2 rings (SSSR count). The van der Waals surface area contributed by atoms with E-state index in [0.717, 1.165) is 12.6 Å². The maximum atomic E-state index is 3.21. The molecule has 1 fully saturated rings. The minimum atomic E-state index is 0.773. The van der Waals surface area contributed by atoms with Crippen LogP contribution in [-0.4, -0.2) is 20.1 Å². The van der Waals surface area contributed by atoms with Gasteiger partial charge in [-0.15, -0.1) is 0 Å². The number of anilines is 1. The first-order chi connectivity index (χ1) is 7.72. The zero-order valence-electron chi connectivity index (χ0n) is 10.6. The summed E-state index contributed by atoms with van der Waals surface area (Å²) in [6, 6.07) is 7.58. The van der Waals surface area contributed by atoms with Crippen LogP contribution in [0.25, 0.3) is 0 Å². The fourth-order valence-corrected chi connectivity index (χ4v) is 2.27. The Morgan fingerprint density at radius 2 is 2.12 bits per heavy atom. The normalized spacial score (nSPS) is 15.9. The third kappa shape index (κ3) is 2.22. The van der Waals surface area contributed by atoms with E-state index in [-0.39, 0.29) is 0 Å². The third-order valence-electron chi connectivity index (χ3n) is 3.72. The molecule has 1 aliphatic carbocycles. The van der Waals surface area contributed by atoms with Crippen LogP contribution in [-0.2, 0) is 6.54 Å². The van der Waals surface area contributed by atoms with Crippen molar-refractivity contribution in [3.63, 3.8) is 0 Å². The van der Waals surface area contributed by atoms with Crippen molar-refractivity contribution in [2.45, 2.75) is 38.8 Å². The van der Waals surface area contributed by atoms with E-state index >= 15 is 0 Å². The van der Waals surface area contributed by atoms with Gasteiger partial charge in [-0.25, -0.2) is 0 Å². The van der Waals surface area contributed by atoms with Crippen LogP contribution in [0.1, 0.15) is 30.4 Å². The molecule has 0 saturated heterocycles. The quantitative estimate of drug-likeness (QED) is 0.836. The maximum Gasteiger partial charge on any atom is 0.0368 e. The Morgan fingerprint density at radius 3 is 2.62 bits per heavy atom. The summed E-state index contributed by atoms with van der Waals surface area (Å²) in [4.78, 5) is 2.43. The van der Waals surface area contributed by atoms with Gasteiger partial charge in [-0.3, -0.25) is 0 Å². The van der Waals surface area contributed by atoms with Gasteiger partial charge in [-0.2, -0.15) is 0 Å². The van der Waals surface area contributed by atoms with Gasteiger partial charge in [0.05, 0.1) is 0 Å². The van der Waals surface area contributed by atoms with Crippen LogP contribution in [0.3, 0.4) is 0 Å². The van der Waals surface area contributed by atoms with Gasteiger partial charge in [0.15, 0.2) is 0 Å². The Bertz CT molecular complexity index is 356. The second kappa shape index (κ2) is 4.88. The Kier molecular flexibility index (Phi) is 3.49. The summed E-state index contributed by atoms with van der Waals surface area (Å²) in [7, 11) is 4.21. The van der Waals surface area contributed by atoms with E-state index in [4.69, 9.17) is 0 Å². The van der Waals surface area contributed by atoms with E-state index in [1.165, 1.54) is 36.1 Å². The van der Waals surface area contributed by atoms with E-state index in [1.807, 2.05) is 7.05 Å². The van der Waals surface area contributed by atoms with Crippen molar-refractivity contribution in [2.75, 3.05) is 19.0 Å². The SMILES string of the molecule is CNCc1ccc(N(C)C2CCC2)cc1C. The molecule has 1 aromatic rings. The lowest BCUT2D eigenvalue weighted by Gasteiger charge is -2.36. The number of nitrogens with one attached hydrogen (secondary N) is 1. The molecular weight excluding hydrogens is 196 g/mol. The molecule has 0 heterocycles. The highest BCUT2D eigenvalue weighted by atomic mass is 15.1. The van der Waals surface area contributed by atoms with Crippen LogP contribution in [0.15, 0.2) is 18.2 Å². The van der Waals surface area contributed by atoms with Crippen molar-refractivity contribution < 1.29 is 0 Å². The van der Waals surface area contributed by atoms with Crippen LogP contribution in [0.4, 0.5) is 5.69 Å². The zero-order chi connectivity index (χ0) is 11.5. The number of hydrogen-bond acceptors (Lipinski definition) is 2. The molecule has 1 saturated carbocycles. The minimum absolute atomic E-state index is 0.773. The summed E-state index contributed by atoms with van der Waals surface area (Å²) < 4.78 is 0. The van der Waals surface area contributed by atoms with Crippen molar-refractivity contribution in [3.8, 4) is 0 Å². The van der Waals surface area contributed by atoms with Crippen LogP contribution in [0.5, 0.6) is 0 Å². The smallest absolute Gasteiger partial charge is 0.0368 e. The summed E-state index contributed by atoms with van der Waals surface area (Å²) in [6.07, 6.45) is 4.10. The molecule has 0 amide bonds. The molecule has 0 atom stereocenters. The lowest BCUT2D eigenvalue weighted by molar-refractivity contribution is 0.401. The minimum Gasteiger partial charge on any atom is -0.372 e. The van der Waals surface area contributed by atoms with E-state index in [9.17, 15) is 0 Å². The van der Waals surface area contributed by atoms with E-state index < -0.39 is 0 Å². The van der Waals surface area contributed by atoms with Gasteiger partial charge in [0, 0.05) is 25.3 Å². The summed E-state index contributed by atoms with van der Waals surface area (Å²) in [5.74, 6) is 0. The molecule has 2 heteroatoms. The van der Waals surface area contributed by atoms with Crippen LogP contribution in [0.2, 0.25) is 0 Å². The third-order valence-corrected chi connectivity index (χ3v) is 3.72. The van der Waals surface area contributed by atoms with Crippen LogP contribution in [0, 0.1) is 6.92 Å². The van der Waals surface area contributed by atoms with Crippen molar-refractivity contribution >= 4 is 5.69 Å². The van der Waals surface area contributed by atoms with Gasteiger partial charge in [-0.1, -0.05) is 6.07 Å². The average Bonchev–Trinajstić information content (AvgIpc) is 2.18. The summed E-state index contributed by atoms with van der Waals surface area (Å²) in [5.41, 5.74) is 4.15. The molecule has 1 N–H and O–H groups in total. The number of benzene rings is 1. The average molecular weight is 218 g/mol. The molecule has 0 aliphatic heterocycles. The van der Waals surface area contributed by atoms with E-state index in [0.29, 0.717) is 0 Å². The van der Waals surface area contributed by atoms with Gasteiger partial charge in [0.25, 0.3) is 0 Å². The number of aryl methyl sites for hydroxylation is 1. The summed E-state index contributed by atoms with van der Waals surface area (Å²) in [5, 5.41) is 3.21. The summed E-state index contributed by atoms with van der Waals surface area (Å²) in [6.45, 7) is 3.16. The van der Waals surface area contributed by atoms with Crippen molar-refractivity contribution in [3.05, 3.63) is 29.3 Å². The fraction of sp³-hybridized carbons (Fsp3) is 0.571. The van der Waals surface area contributed by atoms with Gasteiger partial charge in [0.1, 0.15) is 0 Å². The largest absolute Gasteiger partial charge is 0.372 e. The van der Waals surface area contributed by atoms with Gasteiger partial charge in [0.2, 0.25) is 0 Å². The Morgan fingerprint density at radius 1 is 1.38 bits per heavy atom. The molecule has 0 radical (unpaired) electrons. The molecule has 16 heavy (non-hydrogen) atoms. The molecule has 1 aliphatic rings. The molecule has 2 nitrogen and oxygen atoms in total. The topological polar surface area (TPSA) is 15.3 Å². The first-order valence-corrected chi connectivity index (χ1v) is 6.19. The van der Waals surface area contributed by atoms with E-state index in [1.54, 1.807) is 0 Å². The van der Waals surface area contributed by atoms with Crippen molar-refractivity contribution in [1.82, 2.24) is 5.32 Å². The standard InChI is InChI=1S/C14H22N2/c1-11-9-14(8-7-12(11)10-15-2)16(3)13-5-4-6-13/h7-9,13,15H,4-6,10H2,1-3H3. The second-order valence-corrected chi connectivity index (χ2v) is 4.84. The molecule has 0 bridgehead atoms. The number of nitrogens with zero attached hydrogens (tertiary/aromatic N) is 1. The van der Waals surface area contributed by atoms with Gasteiger partial charge >= 0.3 is 0 Å².